The van der Waals surface area contributed by atoms with Crippen LogP contribution in [-0.2, 0) is 4.79 Å². The molecule has 0 aliphatic heterocycles. The molecular weight excluding hydrogens is 192 g/mol. The molecule has 0 aromatic carbocycles. The standard InChI is InChI=1S/C11H16N2O2/c1-8(11(14)15)6-7-12-13-9(2)4-5-10(13)3/h4-6,12H,7H2,1-3H3,(H,14,15)/b8-6-. The molecule has 0 atom stereocenters. The van der Waals surface area contributed by atoms with E-state index in [-0.39, 0.29) is 0 Å². The van der Waals surface area contributed by atoms with Crippen LogP contribution in [0.5, 0.6) is 0 Å². The molecule has 0 saturated carbocycles. The average molecular weight is 208 g/mol. The van der Waals surface area contributed by atoms with Crippen LogP contribution < -0.4 is 5.43 Å². The molecule has 15 heavy (non-hydrogen) atoms. The van der Waals surface area contributed by atoms with Gasteiger partial charge in [0.2, 0.25) is 0 Å². The van der Waals surface area contributed by atoms with E-state index in [9.17, 15) is 4.79 Å². The minimum absolute atomic E-state index is 0.352. The normalized spacial score (nSPS) is 11.5. The first kappa shape index (κ1) is 11.4. The van der Waals surface area contributed by atoms with Crippen LogP contribution in [-0.4, -0.2) is 22.3 Å². The van der Waals surface area contributed by atoms with Gasteiger partial charge in [-0.05, 0) is 32.9 Å². The lowest BCUT2D eigenvalue weighted by Gasteiger charge is -2.10. The summed E-state index contributed by atoms with van der Waals surface area (Å²) in [6, 6.07) is 4.02. The average Bonchev–Trinajstić information content (AvgIpc) is 2.48. The minimum atomic E-state index is -0.877. The number of aryl methyl sites for hydroxylation is 2. The van der Waals surface area contributed by atoms with Gasteiger partial charge in [0.05, 0.1) is 6.54 Å². The summed E-state index contributed by atoms with van der Waals surface area (Å²) in [5.74, 6) is -0.877. The molecule has 1 heterocycles. The Hall–Kier alpha value is -1.71. The maximum Gasteiger partial charge on any atom is 0.331 e. The van der Waals surface area contributed by atoms with E-state index < -0.39 is 5.97 Å². The smallest absolute Gasteiger partial charge is 0.331 e. The zero-order valence-corrected chi connectivity index (χ0v) is 9.24. The topological polar surface area (TPSA) is 54.3 Å². The zero-order valence-electron chi connectivity index (χ0n) is 9.24. The summed E-state index contributed by atoms with van der Waals surface area (Å²) in [5, 5.41) is 8.65. The van der Waals surface area contributed by atoms with Crippen molar-refractivity contribution in [3.8, 4) is 0 Å². The molecule has 0 aliphatic carbocycles. The molecule has 4 heteroatoms. The number of hydrogen-bond acceptors (Lipinski definition) is 2. The van der Waals surface area contributed by atoms with Crippen LogP contribution in [0, 0.1) is 13.8 Å². The Balaban J connectivity index is 2.59. The van der Waals surface area contributed by atoms with Crippen molar-refractivity contribution < 1.29 is 9.90 Å². The Morgan fingerprint density at radius 2 is 2.00 bits per heavy atom. The number of hydrogen-bond donors (Lipinski definition) is 2. The van der Waals surface area contributed by atoms with Gasteiger partial charge in [-0.1, -0.05) is 6.08 Å². The summed E-state index contributed by atoms with van der Waals surface area (Å²) >= 11 is 0. The van der Waals surface area contributed by atoms with E-state index in [0.29, 0.717) is 12.1 Å². The Kier molecular flexibility index (Phi) is 3.55. The lowest BCUT2D eigenvalue weighted by molar-refractivity contribution is -0.132. The van der Waals surface area contributed by atoms with Crippen LogP contribution >= 0.6 is 0 Å². The van der Waals surface area contributed by atoms with Crippen LogP contribution in [0.3, 0.4) is 0 Å². The van der Waals surface area contributed by atoms with Crippen molar-refractivity contribution >= 4 is 5.97 Å². The SMILES string of the molecule is C/C(=C/CNn1c(C)ccc1C)C(=O)O. The van der Waals surface area contributed by atoms with E-state index >= 15 is 0 Å². The number of aromatic nitrogens is 1. The first-order valence-corrected chi connectivity index (χ1v) is 4.81. The maximum absolute atomic E-state index is 10.5. The fourth-order valence-electron chi connectivity index (χ4n) is 1.30. The highest BCUT2D eigenvalue weighted by Crippen LogP contribution is 2.03. The van der Waals surface area contributed by atoms with E-state index in [0.717, 1.165) is 11.4 Å². The second-order valence-corrected chi connectivity index (χ2v) is 3.51. The van der Waals surface area contributed by atoms with Crippen LogP contribution in [0.1, 0.15) is 18.3 Å². The maximum atomic E-state index is 10.5. The molecule has 0 fully saturated rings. The van der Waals surface area contributed by atoms with E-state index in [4.69, 9.17) is 5.11 Å². The number of carbonyl (C=O) groups is 1. The molecule has 2 N–H and O–H groups in total. The van der Waals surface area contributed by atoms with Gasteiger partial charge in [0, 0.05) is 17.0 Å². The lowest BCUT2D eigenvalue weighted by Crippen LogP contribution is -2.17. The molecule has 0 amide bonds. The predicted octanol–water partition coefficient (Wildman–Crippen LogP) is 1.68. The van der Waals surface area contributed by atoms with E-state index in [1.807, 2.05) is 30.7 Å². The molecule has 82 valence electrons. The second-order valence-electron chi connectivity index (χ2n) is 3.51. The molecule has 0 bridgehead atoms. The molecule has 0 aliphatic rings. The van der Waals surface area contributed by atoms with E-state index in [1.165, 1.54) is 0 Å². The number of aliphatic carboxylic acids is 1. The summed E-state index contributed by atoms with van der Waals surface area (Å²) in [4.78, 5) is 10.5. The van der Waals surface area contributed by atoms with Gasteiger partial charge in [0.15, 0.2) is 0 Å². The highest BCUT2D eigenvalue weighted by molar-refractivity contribution is 5.85. The van der Waals surface area contributed by atoms with Gasteiger partial charge in [0.25, 0.3) is 0 Å². The van der Waals surface area contributed by atoms with Crippen LogP contribution in [0.15, 0.2) is 23.8 Å². The highest BCUT2D eigenvalue weighted by atomic mass is 16.4. The molecule has 1 aromatic rings. The van der Waals surface area contributed by atoms with Crippen molar-refractivity contribution in [2.24, 2.45) is 0 Å². The quantitative estimate of drug-likeness (QED) is 0.740. The van der Waals surface area contributed by atoms with Crippen molar-refractivity contribution in [2.45, 2.75) is 20.8 Å². The number of carboxylic acid groups (broad SMARTS) is 1. The number of nitrogens with one attached hydrogen (secondary N) is 1. The molecule has 0 unspecified atom stereocenters. The molecule has 0 spiro atoms. The highest BCUT2D eigenvalue weighted by Gasteiger charge is 2.00. The van der Waals surface area contributed by atoms with Crippen molar-refractivity contribution in [3.05, 3.63) is 35.2 Å². The third kappa shape index (κ3) is 2.87. The Bertz CT molecular complexity index is 372. The molecule has 4 nitrogen and oxygen atoms in total. The van der Waals surface area contributed by atoms with Gasteiger partial charge in [0.1, 0.15) is 0 Å². The van der Waals surface area contributed by atoms with Gasteiger partial charge < -0.3 is 10.5 Å². The lowest BCUT2D eigenvalue weighted by atomic mass is 10.3. The van der Waals surface area contributed by atoms with Gasteiger partial charge >= 0.3 is 5.97 Å². The monoisotopic (exact) mass is 208 g/mol. The summed E-state index contributed by atoms with van der Waals surface area (Å²) < 4.78 is 1.94. The van der Waals surface area contributed by atoms with Gasteiger partial charge in [-0.3, -0.25) is 4.68 Å². The largest absolute Gasteiger partial charge is 0.478 e. The van der Waals surface area contributed by atoms with Gasteiger partial charge in [-0.2, -0.15) is 0 Å². The number of rotatable bonds is 4. The summed E-state index contributed by atoms with van der Waals surface area (Å²) in [6.07, 6.45) is 1.65. The first-order valence-electron chi connectivity index (χ1n) is 4.81. The second kappa shape index (κ2) is 4.68. The molecule has 1 rings (SSSR count). The fraction of sp³-hybridized carbons (Fsp3) is 0.364. The third-order valence-corrected chi connectivity index (χ3v) is 2.27. The van der Waals surface area contributed by atoms with Crippen LogP contribution in [0.4, 0.5) is 0 Å². The molecular formula is C11H16N2O2. The Labute approximate surface area is 89.2 Å². The van der Waals surface area contributed by atoms with Crippen LogP contribution in [0.25, 0.3) is 0 Å². The fourth-order valence-corrected chi connectivity index (χ4v) is 1.30. The Morgan fingerprint density at radius 3 is 2.47 bits per heavy atom. The number of nitrogens with zero attached hydrogens (tertiary/aromatic N) is 1. The van der Waals surface area contributed by atoms with Crippen molar-refractivity contribution in [1.29, 1.82) is 0 Å². The summed E-state index contributed by atoms with van der Waals surface area (Å²) in [5.41, 5.74) is 5.69. The third-order valence-electron chi connectivity index (χ3n) is 2.27. The number of carboxylic acids is 1. The summed E-state index contributed by atoms with van der Waals surface area (Å²) in [7, 11) is 0. The van der Waals surface area contributed by atoms with Crippen molar-refractivity contribution in [2.75, 3.05) is 12.0 Å². The molecule has 0 saturated heterocycles. The van der Waals surface area contributed by atoms with Gasteiger partial charge in [-0.15, -0.1) is 0 Å². The van der Waals surface area contributed by atoms with E-state index in [1.54, 1.807) is 13.0 Å². The molecule has 0 radical (unpaired) electrons. The molecule has 1 aromatic heterocycles. The minimum Gasteiger partial charge on any atom is -0.478 e. The Morgan fingerprint density at radius 1 is 1.47 bits per heavy atom. The van der Waals surface area contributed by atoms with Crippen molar-refractivity contribution in [1.82, 2.24) is 4.68 Å². The first-order chi connectivity index (χ1) is 7.02. The van der Waals surface area contributed by atoms with Crippen LogP contribution in [0.2, 0.25) is 0 Å². The predicted molar refractivity (Wildman–Crippen MR) is 59.5 cm³/mol. The zero-order chi connectivity index (χ0) is 11.4. The summed E-state index contributed by atoms with van der Waals surface area (Å²) in [6.45, 7) is 6.08. The van der Waals surface area contributed by atoms with Crippen molar-refractivity contribution in [3.63, 3.8) is 0 Å². The van der Waals surface area contributed by atoms with Gasteiger partial charge in [-0.25, -0.2) is 4.79 Å². The van der Waals surface area contributed by atoms with E-state index in [2.05, 4.69) is 5.43 Å².